The summed E-state index contributed by atoms with van der Waals surface area (Å²) in [5.41, 5.74) is 2.56. The van der Waals surface area contributed by atoms with Gasteiger partial charge in [-0.3, -0.25) is 0 Å². The second kappa shape index (κ2) is 17.5. The number of ether oxygens (including phenoxy) is 4. The number of nitrogens with zero attached hydrogens (tertiary/aromatic N) is 8. The van der Waals surface area contributed by atoms with E-state index >= 15 is 0 Å². The fourth-order valence-corrected chi connectivity index (χ4v) is 7.80. The first-order valence-corrected chi connectivity index (χ1v) is 20.4. The van der Waals surface area contributed by atoms with Gasteiger partial charge in [-0.15, -0.1) is 0 Å². The molecule has 0 unspecified atom stereocenters. The molecule has 0 fully saturated rings. The Morgan fingerprint density at radius 3 is 1.39 bits per heavy atom. The van der Waals surface area contributed by atoms with Crippen LogP contribution in [0.2, 0.25) is 0 Å². The summed E-state index contributed by atoms with van der Waals surface area (Å²) in [6.45, 7) is 1.33. The smallest absolute Gasteiger partial charge is 0.491 e. The molecule has 322 valence electrons. The predicted molar refractivity (Wildman–Crippen MR) is 234 cm³/mol. The molecule has 9 aromatic rings. The van der Waals surface area contributed by atoms with E-state index in [-0.39, 0.29) is 75.8 Å². The summed E-state index contributed by atoms with van der Waals surface area (Å²) in [5.74, 6) is 2.59. The van der Waals surface area contributed by atoms with E-state index in [1.165, 1.54) is 18.2 Å². The van der Waals surface area contributed by atoms with Crippen molar-refractivity contribution < 1.29 is 56.0 Å². The third-order valence-corrected chi connectivity index (χ3v) is 10.8. The summed E-state index contributed by atoms with van der Waals surface area (Å²) in [4.78, 5) is 51.4. The maximum absolute atomic E-state index is 13.4. The first kappa shape index (κ1) is 42.5. The summed E-state index contributed by atoms with van der Waals surface area (Å²) in [6, 6.07) is 33.2. The van der Waals surface area contributed by atoms with Crippen molar-refractivity contribution in [1.82, 2.24) is 39.9 Å². The number of fused-ring (bicyclic) bond motifs is 21. The van der Waals surface area contributed by atoms with E-state index in [1.54, 1.807) is 0 Å². The van der Waals surface area contributed by atoms with Crippen LogP contribution in [0.3, 0.4) is 0 Å². The molecule has 66 heavy (non-hydrogen) atoms. The number of benzene rings is 5. The van der Waals surface area contributed by atoms with Gasteiger partial charge in [0.05, 0.1) is 55.3 Å². The molecule has 2 aliphatic heterocycles. The molecule has 0 atom stereocenters. The standard InChI is InChI=1S/C48H31F3N8O6.Zn/c49-48(50,51)37-25-39(60)65-38-24-27(14-16-35(37)38)64-22-20-62-18-17-61-19-21-63-26-13-15-34-36(23-26)47-58-45-33-12-6-5-11-32(33)43(56-45)54-41-29-8-2-1-7-28(29)40(52-41)53-42-30-9-3-4-10-31(30)44(55-42)57-46(34)59-47;/h1-16,23-25H,17-22H2;/q-2;+2. The molecule has 5 aromatic carbocycles. The fraction of sp³-hybridized carbons (Fsp3) is 0.146. The van der Waals surface area contributed by atoms with Crippen LogP contribution < -0.4 is 25.1 Å². The number of hydrogen-bond acceptors (Lipinski definition) is 12. The third-order valence-electron chi connectivity index (χ3n) is 10.8. The van der Waals surface area contributed by atoms with Gasteiger partial charge in [0.15, 0.2) is 0 Å². The number of alkyl halides is 3. The quantitative estimate of drug-likeness (QED) is 0.0684. The average molecular weight is 938 g/mol. The van der Waals surface area contributed by atoms with Gasteiger partial charge in [0.1, 0.15) is 30.3 Å². The zero-order chi connectivity index (χ0) is 44.1. The van der Waals surface area contributed by atoms with Crippen LogP contribution in [0.15, 0.2) is 124 Å². The molecule has 4 aromatic heterocycles. The van der Waals surface area contributed by atoms with Gasteiger partial charge in [-0.2, -0.15) is 13.2 Å². The summed E-state index contributed by atoms with van der Waals surface area (Å²) >= 11 is 0. The van der Waals surface area contributed by atoms with Crippen molar-refractivity contribution in [1.29, 1.82) is 0 Å². The van der Waals surface area contributed by atoms with Gasteiger partial charge in [-0.1, -0.05) is 72.8 Å². The Morgan fingerprint density at radius 2 is 0.894 bits per heavy atom. The Kier molecular flexibility index (Phi) is 11.3. The molecule has 0 spiro atoms. The summed E-state index contributed by atoms with van der Waals surface area (Å²) < 4.78 is 68.0. The Balaban J connectivity index is 0.00000511. The molecule has 0 saturated heterocycles. The second-order valence-electron chi connectivity index (χ2n) is 14.9. The molecule has 8 bridgehead atoms. The molecular formula is C48H31F3N8O6Zn. The van der Waals surface area contributed by atoms with Crippen molar-refractivity contribution in [2.24, 2.45) is 0 Å². The SMILES string of the molecule is O=c1cc(C(F)(F)F)c2ccc(OCCOCCOCCOc3ccc4c(c3)-c3nc-4nc4[n-]c(nc5nc(nc6[n-]c(n3)c3ccccc63)-c3ccccc3-5)c3ccccc43)cc2o1.[Zn+2]. The van der Waals surface area contributed by atoms with Gasteiger partial charge in [0.2, 0.25) is 0 Å². The van der Waals surface area contributed by atoms with Crippen LogP contribution in [0.1, 0.15) is 5.56 Å². The topological polar surface area (TPSA) is 173 Å². The van der Waals surface area contributed by atoms with Crippen molar-refractivity contribution in [3.8, 4) is 57.1 Å². The monoisotopic (exact) mass is 936 g/mol. The molecule has 6 heterocycles. The molecule has 14 nitrogen and oxygen atoms in total. The zero-order valence-electron chi connectivity index (χ0n) is 34.6. The summed E-state index contributed by atoms with van der Waals surface area (Å²) in [5, 5.41) is 3.00. The first-order valence-electron chi connectivity index (χ1n) is 20.4. The van der Waals surface area contributed by atoms with Crippen LogP contribution in [-0.4, -0.2) is 69.5 Å². The van der Waals surface area contributed by atoms with Crippen molar-refractivity contribution >= 4 is 55.1 Å². The van der Waals surface area contributed by atoms with Crippen LogP contribution in [0.5, 0.6) is 11.5 Å². The van der Waals surface area contributed by atoms with Gasteiger partial charge in [0, 0.05) is 62.4 Å². The van der Waals surface area contributed by atoms with Crippen LogP contribution in [0, 0.1) is 0 Å². The van der Waals surface area contributed by atoms with Crippen molar-refractivity contribution in [2.45, 2.75) is 6.18 Å². The first-order chi connectivity index (χ1) is 31.7. The molecule has 18 heteroatoms. The Hall–Kier alpha value is -7.40. The molecule has 0 amide bonds. The van der Waals surface area contributed by atoms with Crippen LogP contribution >= 0.6 is 0 Å². The van der Waals surface area contributed by atoms with Gasteiger partial charge >= 0.3 is 31.3 Å². The number of hydrogen-bond donors (Lipinski definition) is 0. The van der Waals surface area contributed by atoms with E-state index in [4.69, 9.17) is 63.2 Å². The largest absolute Gasteiger partial charge is 2.00 e. The average Bonchev–Trinajstić information content (AvgIpc) is 4.04. The molecule has 0 saturated carbocycles. The van der Waals surface area contributed by atoms with Crippen LogP contribution in [-0.2, 0) is 35.1 Å². The maximum Gasteiger partial charge on any atom is 2.00 e. The molecule has 2 aliphatic rings. The van der Waals surface area contributed by atoms with Crippen molar-refractivity contribution in [2.75, 3.05) is 39.6 Å². The van der Waals surface area contributed by atoms with E-state index in [1.807, 2.05) is 91.0 Å². The van der Waals surface area contributed by atoms with Gasteiger partial charge in [-0.05, 0) is 51.9 Å². The molecule has 0 aliphatic carbocycles. The predicted octanol–water partition coefficient (Wildman–Crippen LogP) is 8.74. The van der Waals surface area contributed by atoms with E-state index < -0.39 is 17.4 Å². The van der Waals surface area contributed by atoms with Crippen molar-refractivity contribution in [3.63, 3.8) is 0 Å². The summed E-state index contributed by atoms with van der Waals surface area (Å²) in [6.07, 6.45) is -4.70. The van der Waals surface area contributed by atoms with E-state index in [2.05, 4.69) is 0 Å². The minimum atomic E-state index is -4.70. The van der Waals surface area contributed by atoms with E-state index in [0.717, 1.165) is 38.2 Å². The molecule has 0 N–H and O–H groups in total. The molecule has 0 radical (unpaired) electrons. The fourth-order valence-electron chi connectivity index (χ4n) is 7.80. The van der Waals surface area contributed by atoms with Gasteiger partial charge in [0.25, 0.3) is 0 Å². The minimum Gasteiger partial charge on any atom is -0.491 e. The number of aromatic nitrogens is 8. The van der Waals surface area contributed by atoms with Crippen LogP contribution in [0.4, 0.5) is 13.2 Å². The van der Waals surface area contributed by atoms with Gasteiger partial charge < -0.3 is 53.3 Å². The zero-order valence-corrected chi connectivity index (χ0v) is 37.5. The maximum atomic E-state index is 13.4. The molecular weight excluding hydrogens is 907 g/mol. The Bertz CT molecular complexity index is 3570. The number of rotatable bonds is 11. The Morgan fingerprint density at radius 1 is 0.470 bits per heavy atom. The minimum absolute atomic E-state index is 0. The van der Waals surface area contributed by atoms with Gasteiger partial charge in [-0.25, -0.2) is 14.8 Å². The number of halogens is 3. The summed E-state index contributed by atoms with van der Waals surface area (Å²) in [7, 11) is 0. The Labute approximate surface area is 383 Å². The van der Waals surface area contributed by atoms with E-state index in [0.29, 0.717) is 63.3 Å². The van der Waals surface area contributed by atoms with E-state index in [9.17, 15) is 18.0 Å². The second-order valence-corrected chi connectivity index (χ2v) is 14.9. The van der Waals surface area contributed by atoms with Crippen LogP contribution in [0.25, 0.3) is 101 Å². The normalized spacial score (nSPS) is 12.0. The molecule has 11 rings (SSSR count). The van der Waals surface area contributed by atoms with Crippen molar-refractivity contribution in [3.05, 3.63) is 131 Å². The third kappa shape index (κ3) is 8.14.